The van der Waals surface area contributed by atoms with Crippen molar-refractivity contribution < 1.29 is 17.6 Å². The van der Waals surface area contributed by atoms with Crippen LogP contribution in [0.5, 0.6) is 0 Å². The van der Waals surface area contributed by atoms with E-state index in [2.05, 4.69) is 0 Å². The Kier molecular flexibility index (Phi) is 5.35. The maximum atomic E-state index is 13.6. The Morgan fingerprint density at radius 2 is 1.44 bits per heavy atom. The average molecular weight is 340 g/mol. The number of hydrogen-bond acceptors (Lipinski definition) is 0. The average Bonchev–Trinajstić information content (AvgIpc) is 2.27. The van der Waals surface area contributed by atoms with Crippen molar-refractivity contribution in [1.82, 2.24) is 0 Å². The van der Waals surface area contributed by atoms with Gasteiger partial charge in [0.2, 0.25) is 0 Å². The lowest BCUT2D eigenvalue weighted by atomic mass is 10.0. The maximum absolute atomic E-state index is 13.6. The minimum Gasteiger partial charge on any atom is -0.206 e. The smallest absolute Gasteiger partial charge is 0.206 e. The number of hydrogen-bond donors (Lipinski definition) is 0. The highest BCUT2D eigenvalue weighted by Crippen LogP contribution is 2.29. The molecular formula is C10H9Cl3F4Si. The molecule has 1 aromatic carbocycles. The second-order valence-corrected chi connectivity index (χ2v) is 13.1. The van der Waals surface area contributed by atoms with E-state index in [-0.39, 0.29) is 18.9 Å². The lowest BCUT2D eigenvalue weighted by molar-refractivity contribution is 0.418. The lowest BCUT2D eigenvalue weighted by Gasteiger charge is -2.11. The van der Waals surface area contributed by atoms with Crippen LogP contribution in [0.2, 0.25) is 6.04 Å². The van der Waals surface area contributed by atoms with Crippen molar-refractivity contribution in [3.05, 3.63) is 34.4 Å². The first-order chi connectivity index (χ1) is 8.15. The normalized spacial score (nSPS) is 12.0. The molecule has 1 aromatic rings. The van der Waals surface area contributed by atoms with Gasteiger partial charge in [-0.3, -0.25) is 0 Å². The van der Waals surface area contributed by atoms with Crippen LogP contribution in [0.3, 0.4) is 0 Å². The number of benzene rings is 1. The Morgan fingerprint density at radius 1 is 0.889 bits per heavy atom. The zero-order chi connectivity index (χ0) is 14.1. The molecule has 0 N–H and O–H groups in total. The number of halogens is 7. The van der Waals surface area contributed by atoms with Crippen LogP contribution < -0.4 is 0 Å². The van der Waals surface area contributed by atoms with Crippen LogP contribution in [0.25, 0.3) is 0 Å². The Balaban J connectivity index is 2.96. The molecule has 1 rings (SSSR count). The van der Waals surface area contributed by atoms with E-state index >= 15 is 0 Å². The Bertz CT molecular complexity index is 430. The zero-order valence-corrected chi connectivity index (χ0v) is 12.5. The molecule has 8 heteroatoms. The molecule has 0 saturated carbocycles. The quantitative estimate of drug-likeness (QED) is 0.234. The first-order valence-electron chi connectivity index (χ1n) is 5.03. The van der Waals surface area contributed by atoms with Crippen LogP contribution in [-0.4, -0.2) is 6.00 Å². The molecule has 0 aliphatic carbocycles. The highest BCUT2D eigenvalue weighted by Gasteiger charge is 2.26. The van der Waals surface area contributed by atoms with E-state index in [9.17, 15) is 17.6 Å². The summed E-state index contributed by atoms with van der Waals surface area (Å²) in [6.07, 6.45) is 0.0533. The molecular weight excluding hydrogens is 331 g/mol. The summed E-state index contributed by atoms with van der Waals surface area (Å²) < 4.78 is 53.1. The van der Waals surface area contributed by atoms with Gasteiger partial charge < -0.3 is 0 Å². The highest BCUT2D eigenvalue weighted by atomic mass is 35.8. The predicted molar refractivity (Wildman–Crippen MR) is 67.5 cm³/mol. The van der Waals surface area contributed by atoms with Gasteiger partial charge in [0.25, 0.3) is 0 Å². The minimum absolute atomic E-state index is 0.142. The van der Waals surface area contributed by atoms with Gasteiger partial charge in [0.15, 0.2) is 17.5 Å². The predicted octanol–water partition coefficient (Wildman–Crippen LogP) is 5.14. The molecule has 18 heavy (non-hydrogen) atoms. The van der Waals surface area contributed by atoms with Crippen molar-refractivity contribution in [2.24, 2.45) is 0 Å². The van der Waals surface area contributed by atoms with Crippen LogP contribution in [0.1, 0.15) is 17.5 Å². The third-order valence-electron chi connectivity index (χ3n) is 2.46. The summed E-state index contributed by atoms with van der Waals surface area (Å²) in [5, 5.41) is 0. The summed E-state index contributed by atoms with van der Waals surface area (Å²) in [5.41, 5.74) is -1.05. The molecule has 0 aliphatic heterocycles. The van der Waals surface area contributed by atoms with Crippen LogP contribution in [0.15, 0.2) is 0 Å². The van der Waals surface area contributed by atoms with E-state index in [4.69, 9.17) is 33.2 Å². The topological polar surface area (TPSA) is 0 Å². The van der Waals surface area contributed by atoms with Crippen molar-refractivity contribution in [2.75, 3.05) is 0 Å². The first-order valence-corrected chi connectivity index (χ1v) is 10.3. The molecule has 102 valence electrons. The van der Waals surface area contributed by atoms with Crippen LogP contribution in [0, 0.1) is 30.2 Å². The second-order valence-electron chi connectivity index (χ2n) is 3.83. The molecule has 0 saturated heterocycles. The molecule has 0 fully saturated rings. The van der Waals surface area contributed by atoms with Gasteiger partial charge in [0, 0.05) is 11.1 Å². The minimum atomic E-state index is -2.88. The Morgan fingerprint density at radius 3 is 1.94 bits per heavy atom. The van der Waals surface area contributed by atoms with Crippen LogP contribution in [0.4, 0.5) is 17.6 Å². The molecule has 0 aliphatic rings. The van der Waals surface area contributed by atoms with Crippen molar-refractivity contribution >= 4 is 39.2 Å². The standard InChI is InChI=1S/C10H9Cl3F4Si/c1-5-7(14)6(3-2-4-18(11,12)13)9(16)10(17)8(5)15/h2-4H2,1H3. The van der Waals surface area contributed by atoms with Crippen LogP contribution in [-0.2, 0) is 6.42 Å². The van der Waals surface area contributed by atoms with E-state index < -0.39 is 40.4 Å². The molecule has 0 amide bonds. The summed E-state index contributed by atoms with van der Waals surface area (Å²) >= 11 is 16.8. The lowest BCUT2D eigenvalue weighted by Crippen LogP contribution is -2.11. The number of rotatable bonds is 4. The van der Waals surface area contributed by atoms with Crippen molar-refractivity contribution in [3.8, 4) is 0 Å². The molecule has 0 aromatic heterocycles. The third kappa shape index (κ3) is 3.76. The van der Waals surface area contributed by atoms with Gasteiger partial charge in [0.1, 0.15) is 5.82 Å². The molecule has 0 heterocycles. The van der Waals surface area contributed by atoms with E-state index in [1.54, 1.807) is 0 Å². The molecule has 0 atom stereocenters. The van der Waals surface area contributed by atoms with Gasteiger partial charge in [-0.15, -0.1) is 33.2 Å². The van der Waals surface area contributed by atoms with E-state index in [0.717, 1.165) is 6.92 Å². The van der Waals surface area contributed by atoms with E-state index in [1.807, 2.05) is 0 Å². The van der Waals surface area contributed by atoms with E-state index in [1.165, 1.54) is 0 Å². The molecule has 0 bridgehead atoms. The molecule has 0 radical (unpaired) electrons. The van der Waals surface area contributed by atoms with Crippen LogP contribution >= 0.6 is 33.2 Å². The fourth-order valence-electron chi connectivity index (χ4n) is 1.50. The van der Waals surface area contributed by atoms with E-state index in [0.29, 0.717) is 0 Å². The summed E-state index contributed by atoms with van der Waals surface area (Å²) in [7, 11) is 0. The first kappa shape index (κ1) is 16.1. The van der Waals surface area contributed by atoms with Gasteiger partial charge >= 0.3 is 6.00 Å². The second kappa shape index (κ2) is 5.99. The summed E-state index contributed by atoms with van der Waals surface area (Å²) in [6.45, 7) is 1.04. The fourth-order valence-corrected chi connectivity index (χ4v) is 3.28. The van der Waals surface area contributed by atoms with Crippen molar-refractivity contribution in [1.29, 1.82) is 0 Å². The summed E-state index contributed by atoms with van der Waals surface area (Å²) in [6, 6.07) is -2.69. The fraction of sp³-hybridized carbons (Fsp3) is 0.400. The third-order valence-corrected chi connectivity index (χ3v) is 5.08. The molecule has 0 spiro atoms. The SMILES string of the molecule is Cc1c(F)c(F)c(F)c(CCC[Si](Cl)(Cl)Cl)c1F. The maximum Gasteiger partial charge on any atom is 0.341 e. The van der Waals surface area contributed by atoms with Crippen molar-refractivity contribution in [2.45, 2.75) is 25.8 Å². The van der Waals surface area contributed by atoms with Crippen molar-refractivity contribution in [3.63, 3.8) is 0 Å². The van der Waals surface area contributed by atoms with Gasteiger partial charge in [0.05, 0.1) is 0 Å². The Hall–Kier alpha value is 0.0269. The van der Waals surface area contributed by atoms with Gasteiger partial charge in [-0.05, 0) is 25.8 Å². The zero-order valence-electron chi connectivity index (χ0n) is 9.27. The summed E-state index contributed by atoms with van der Waals surface area (Å²) in [4.78, 5) is 0. The molecule has 0 nitrogen and oxygen atoms in total. The highest BCUT2D eigenvalue weighted by molar-refractivity contribution is 7.64. The summed E-state index contributed by atoms with van der Waals surface area (Å²) in [5.74, 6) is -5.78. The largest absolute Gasteiger partial charge is 0.341 e. The monoisotopic (exact) mass is 338 g/mol. The van der Waals surface area contributed by atoms with Gasteiger partial charge in [-0.25, -0.2) is 17.6 Å². The molecule has 0 unspecified atom stereocenters. The van der Waals surface area contributed by atoms with Gasteiger partial charge in [-0.1, -0.05) is 0 Å². The van der Waals surface area contributed by atoms with Gasteiger partial charge in [-0.2, -0.15) is 0 Å². The Labute approximate surface area is 117 Å².